The molecule has 1 heterocycles. The van der Waals surface area contributed by atoms with Crippen LogP contribution in [-0.2, 0) is 22.6 Å². The Labute approximate surface area is 91.4 Å². The number of hydrogen-bond donors (Lipinski definition) is 2. The van der Waals surface area contributed by atoms with E-state index in [-0.39, 0.29) is 18.9 Å². The van der Waals surface area contributed by atoms with Crippen molar-refractivity contribution in [1.29, 1.82) is 0 Å². The van der Waals surface area contributed by atoms with Crippen molar-refractivity contribution in [3.63, 3.8) is 0 Å². The highest BCUT2D eigenvalue weighted by Crippen LogP contribution is 2.18. The summed E-state index contributed by atoms with van der Waals surface area (Å²) in [5, 5.41) is 18.7. The molecule has 16 heavy (non-hydrogen) atoms. The number of carboxylic acids is 1. The number of aromatic nitrogens is 3. The minimum atomic E-state index is -0.963. The van der Waals surface area contributed by atoms with E-state index >= 15 is 0 Å². The van der Waals surface area contributed by atoms with E-state index in [0.717, 1.165) is 12.8 Å². The molecule has 7 nitrogen and oxygen atoms in total. The van der Waals surface area contributed by atoms with Crippen LogP contribution in [0.5, 0.6) is 0 Å². The van der Waals surface area contributed by atoms with E-state index in [9.17, 15) is 9.59 Å². The van der Waals surface area contributed by atoms with Crippen LogP contribution in [-0.4, -0.2) is 38.0 Å². The first-order valence-electron chi connectivity index (χ1n) is 5.03. The lowest BCUT2D eigenvalue weighted by Gasteiger charge is -2.01. The van der Waals surface area contributed by atoms with E-state index in [1.165, 1.54) is 10.9 Å². The summed E-state index contributed by atoms with van der Waals surface area (Å²) in [5.41, 5.74) is 0.353. The molecule has 0 aliphatic heterocycles. The lowest BCUT2D eigenvalue weighted by molar-refractivity contribution is -0.136. The normalized spacial score (nSPS) is 14.8. The van der Waals surface area contributed by atoms with Gasteiger partial charge in [-0.05, 0) is 12.8 Å². The van der Waals surface area contributed by atoms with E-state index in [1.807, 2.05) is 0 Å². The summed E-state index contributed by atoms with van der Waals surface area (Å²) in [4.78, 5) is 21.8. The van der Waals surface area contributed by atoms with E-state index in [4.69, 9.17) is 5.11 Å². The fraction of sp³-hybridized carbons (Fsp3) is 0.556. The number of carbonyl (C=O) groups excluding carboxylic acids is 1. The maximum atomic E-state index is 11.4. The van der Waals surface area contributed by atoms with Gasteiger partial charge in [0, 0.05) is 12.2 Å². The van der Waals surface area contributed by atoms with E-state index in [1.54, 1.807) is 0 Å². The fourth-order valence-electron chi connectivity index (χ4n) is 1.30. The molecule has 0 unspecified atom stereocenters. The predicted molar refractivity (Wildman–Crippen MR) is 52.5 cm³/mol. The largest absolute Gasteiger partial charge is 0.481 e. The summed E-state index contributed by atoms with van der Waals surface area (Å²) >= 11 is 0. The lowest BCUT2D eigenvalue weighted by atomic mass is 10.3. The molecule has 0 spiro atoms. The second-order valence-corrected chi connectivity index (χ2v) is 3.82. The van der Waals surface area contributed by atoms with Crippen LogP contribution >= 0.6 is 0 Å². The molecule has 7 heteroatoms. The Morgan fingerprint density at radius 1 is 1.56 bits per heavy atom. The number of nitrogens with zero attached hydrogens (tertiary/aromatic N) is 3. The monoisotopic (exact) mass is 224 g/mol. The molecule has 1 aliphatic rings. The summed E-state index contributed by atoms with van der Waals surface area (Å²) in [5.74, 6) is -1.08. The van der Waals surface area contributed by atoms with Gasteiger partial charge in [-0.3, -0.25) is 9.59 Å². The minimum absolute atomic E-state index is 0.0864. The van der Waals surface area contributed by atoms with Gasteiger partial charge < -0.3 is 10.4 Å². The standard InChI is InChI=1S/C9H12N4O3/c14-8(10-6-1-2-6)5-13-4-7(11-12-13)3-9(15)16/h4,6H,1-3,5H2,(H,10,14)(H,15,16). The summed E-state index contributed by atoms with van der Waals surface area (Å²) in [6.07, 6.45) is 3.37. The molecule has 0 saturated heterocycles. The van der Waals surface area contributed by atoms with Gasteiger partial charge in [-0.2, -0.15) is 0 Å². The Bertz CT molecular complexity index is 411. The van der Waals surface area contributed by atoms with Crippen LogP contribution in [0, 0.1) is 0 Å². The van der Waals surface area contributed by atoms with Crippen molar-refractivity contribution in [2.75, 3.05) is 0 Å². The van der Waals surface area contributed by atoms with Crippen LogP contribution < -0.4 is 5.32 Å². The van der Waals surface area contributed by atoms with Crippen LogP contribution in [0.4, 0.5) is 0 Å². The number of aliphatic carboxylic acids is 1. The number of nitrogens with one attached hydrogen (secondary N) is 1. The first kappa shape index (κ1) is 10.6. The Morgan fingerprint density at radius 2 is 2.31 bits per heavy atom. The Hall–Kier alpha value is -1.92. The number of carbonyl (C=O) groups is 2. The van der Waals surface area contributed by atoms with Gasteiger partial charge in [0.2, 0.25) is 5.91 Å². The zero-order valence-corrected chi connectivity index (χ0v) is 8.59. The summed E-state index contributed by atoms with van der Waals surface area (Å²) in [6.45, 7) is 0.0864. The molecule has 1 aromatic heterocycles. The van der Waals surface area contributed by atoms with Gasteiger partial charge in [-0.15, -0.1) is 5.10 Å². The average molecular weight is 224 g/mol. The molecule has 1 aliphatic carbocycles. The highest BCUT2D eigenvalue weighted by Gasteiger charge is 2.23. The second kappa shape index (κ2) is 4.30. The summed E-state index contributed by atoms with van der Waals surface area (Å²) < 4.78 is 1.34. The molecule has 86 valence electrons. The van der Waals surface area contributed by atoms with Crippen molar-refractivity contribution >= 4 is 11.9 Å². The maximum Gasteiger partial charge on any atom is 0.309 e. The van der Waals surface area contributed by atoms with Gasteiger partial charge in [0.1, 0.15) is 6.54 Å². The Morgan fingerprint density at radius 3 is 2.94 bits per heavy atom. The number of rotatable bonds is 5. The van der Waals surface area contributed by atoms with E-state index in [2.05, 4.69) is 15.6 Å². The van der Waals surface area contributed by atoms with Crippen LogP contribution in [0.2, 0.25) is 0 Å². The molecule has 0 radical (unpaired) electrons. The van der Waals surface area contributed by atoms with Gasteiger partial charge in [0.15, 0.2) is 0 Å². The molecule has 1 aromatic rings. The Kier molecular flexibility index (Phi) is 2.84. The van der Waals surface area contributed by atoms with Crippen LogP contribution in [0.25, 0.3) is 0 Å². The first-order valence-corrected chi connectivity index (χ1v) is 5.03. The van der Waals surface area contributed by atoms with Crippen LogP contribution in [0.3, 0.4) is 0 Å². The fourth-order valence-corrected chi connectivity index (χ4v) is 1.30. The van der Waals surface area contributed by atoms with E-state index in [0.29, 0.717) is 11.7 Å². The van der Waals surface area contributed by atoms with Crippen molar-refractivity contribution < 1.29 is 14.7 Å². The first-order chi connectivity index (χ1) is 7.63. The molecule has 2 rings (SSSR count). The third-order valence-electron chi connectivity index (χ3n) is 2.17. The summed E-state index contributed by atoms with van der Waals surface area (Å²) in [6, 6.07) is 0.314. The molecule has 0 aromatic carbocycles. The molecule has 0 bridgehead atoms. The number of hydrogen-bond acceptors (Lipinski definition) is 4. The van der Waals surface area contributed by atoms with Gasteiger partial charge in [-0.1, -0.05) is 5.21 Å². The third kappa shape index (κ3) is 3.04. The molecule has 2 N–H and O–H groups in total. The highest BCUT2D eigenvalue weighted by atomic mass is 16.4. The van der Waals surface area contributed by atoms with Gasteiger partial charge in [-0.25, -0.2) is 4.68 Å². The Balaban J connectivity index is 1.86. The molecule has 1 saturated carbocycles. The van der Waals surface area contributed by atoms with Crippen LogP contribution in [0.15, 0.2) is 6.20 Å². The lowest BCUT2D eigenvalue weighted by Crippen LogP contribution is -2.29. The van der Waals surface area contributed by atoms with Crippen molar-refractivity contribution in [3.05, 3.63) is 11.9 Å². The zero-order valence-electron chi connectivity index (χ0n) is 8.59. The second-order valence-electron chi connectivity index (χ2n) is 3.82. The van der Waals surface area contributed by atoms with Gasteiger partial charge >= 0.3 is 5.97 Å². The molecular formula is C9H12N4O3. The highest BCUT2D eigenvalue weighted by molar-refractivity contribution is 5.76. The topological polar surface area (TPSA) is 97.1 Å². The van der Waals surface area contributed by atoms with Crippen molar-refractivity contribution in [2.24, 2.45) is 0 Å². The van der Waals surface area contributed by atoms with Gasteiger partial charge in [0.25, 0.3) is 0 Å². The van der Waals surface area contributed by atoms with Crippen molar-refractivity contribution in [1.82, 2.24) is 20.3 Å². The average Bonchev–Trinajstić information content (AvgIpc) is 2.87. The molecule has 0 atom stereocenters. The van der Waals surface area contributed by atoms with E-state index < -0.39 is 5.97 Å². The summed E-state index contributed by atoms with van der Waals surface area (Å²) in [7, 11) is 0. The quantitative estimate of drug-likeness (QED) is 0.681. The SMILES string of the molecule is O=C(O)Cc1cn(CC(=O)NC2CC2)nn1. The van der Waals surface area contributed by atoms with Crippen LogP contribution in [0.1, 0.15) is 18.5 Å². The zero-order chi connectivity index (χ0) is 11.5. The third-order valence-corrected chi connectivity index (χ3v) is 2.17. The van der Waals surface area contributed by atoms with Crippen molar-refractivity contribution in [3.8, 4) is 0 Å². The van der Waals surface area contributed by atoms with Gasteiger partial charge in [0.05, 0.1) is 12.1 Å². The number of amides is 1. The van der Waals surface area contributed by atoms with Crippen molar-refractivity contribution in [2.45, 2.75) is 31.8 Å². The molecule has 1 amide bonds. The minimum Gasteiger partial charge on any atom is -0.481 e. The number of carboxylic acid groups (broad SMARTS) is 1. The molecule has 1 fully saturated rings. The predicted octanol–water partition coefficient (Wildman–Crippen LogP) is -0.816. The maximum absolute atomic E-state index is 11.4. The molecular weight excluding hydrogens is 212 g/mol. The smallest absolute Gasteiger partial charge is 0.309 e.